The second-order valence-corrected chi connectivity index (χ2v) is 16.0. The molecule has 5 aliphatic heterocycles. The number of fused-ring (bicyclic) bond motifs is 1. The van der Waals surface area contributed by atoms with E-state index in [9.17, 15) is 14.7 Å². The summed E-state index contributed by atoms with van der Waals surface area (Å²) in [6.45, 7) is 13.9. The number of nitrogens with zero attached hydrogens (tertiary/aromatic N) is 4. The summed E-state index contributed by atoms with van der Waals surface area (Å²) < 4.78 is 0. The van der Waals surface area contributed by atoms with Crippen molar-refractivity contribution in [1.82, 2.24) is 30.2 Å². The lowest BCUT2D eigenvalue weighted by atomic mass is 9.80. The average molecular weight is 704 g/mol. The Labute approximate surface area is 293 Å². The summed E-state index contributed by atoms with van der Waals surface area (Å²) in [5.74, 6) is 0.197. The summed E-state index contributed by atoms with van der Waals surface area (Å²) in [7, 11) is 0. The first-order chi connectivity index (χ1) is 22.3. The van der Waals surface area contributed by atoms with Crippen molar-refractivity contribution in [1.29, 1.82) is 0 Å². The molecule has 1 aromatic carbocycles. The molecule has 5 aliphatic rings. The number of hydrogen-bond donors (Lipinski definition) is 3. The molecule has 1 aromatic rings. The number of thioether (sulfide) groups is 1. The van der Waals surface area contributed by atoms with Crippen LogP contribution in [0.3, 0.4) is 0 Å². The van der Waals surface area contributed by atoms with Crippen LogP contribution in [0.5, 0.6) is 0 Å². The lowest BCUT2D eigenvalue weighted by Crippen LogP contribution is -2.59. The predicted molar refractivity (Wildman–Crippen MR) is 189 cm³/mol. The summed E-state index contributed by atoms with van der Waals surface area (Å²) in [5.41, 5.74) is 2.41. The molecule has 3 N–H and O–H groups in total. The number of aliphatic hydroxyl groups excluding tert-OH is 1. The zero-order valence-electron chi connectivity index (χ0n) is 28.1. The molecule has 8 atom stereocenters. The number of amides is 2. The van der Waals surface area contributed by atoms with Gasteiger partial charge in [0.2, 0.25) is 11.8 Å². The van der Waals surface area contributed by atoms with Gasteiger partial charge in [-0.25, -0.2) is 0 Å². The van der Waals surface area contributed by atoms with Gasteiger partial charge in [-0.1, -0.05) is 73.9 Å². The van der Waals surface area contributed by atoms with Crippen LogP contribution in [-0.4, -0.2) is 97.0 Å². The molecule has 5 heterocycles. The SMILES string of the molecule is CCC1CC[C@@H](C(=O)N2CCN(C(C)=O)[C@H](C)C2)N1C(O)C1=C(C(C)C)N2C(N[C@@](C)(C3=CNC(Cl)C=C3)[C@H]2c2ccc(Cl)cc2)S1. The molecule has 9 nitrogen and oxygen atoms in total. The van der Waals surface area contributed by atoms with Gasteiger partial charge in [-0.2, -0.15) is 0 Å². The topological polar surface area (TPSA) is 91.4 Å². The van der Waals surface area contributed by atoms with E-state index >= 15 is 0 Å². The number of likely N-dealkylation sites (tertiary alicyclic amines) is 1. The third-order valence-corrected chi connectivity index (χ3v) is 12.4. The second-order valence-electron chi connectivity index (χ2n) is 13.9. The summed E-state index contributed by atoms with van der Waals surface area (Å²) in [4.78, 5) is 35.4. The molecule has 0 bridgehead atoms. The van der Waals surface area contributed by atoms with Crippen molar-refractivity contribution in [2.75, 3.05) is 19.6 Å². The summed E-state index contributed by atoms with van der Waals surface area (Å²) >= 11 is 14.4. The number of carbonyl (C=O) groups excluding carboxylic acids is 2. The highest BCUT2D eigenvalue weighted by Gasteiger charge is 2.57. The molecule has 3 saturated heterocycles. The monoisotopic (exact) mass is 702 g/mol. The Morgan fingerprint density at radius 2 is 1.89 bits per heavy atom. The van der Waals surface area contributed by atoms with Gasteiger partial charge in [0.25, 0.3) is 0 Å². The molecule has 3 fully saturated rings. The summed E-state index contributed by atoms with van der Waals surface area (Å²) in [5, 5.41) is 20.3. The molecular weight excluding hydrogens is 655 g/mol. The van der Waals surface area contributed by atoms with Crippen molar-refractivity contribution in [2.24, 2.45) is 5.92 Å². The zero-order chi connectivity index (χ0) is 33.8. The fraction of sp³-hybridized carbons (Fsp3) is 0.600. The van der Waals surface area contributed by atoms with Crippen molar-refractivity contribution in [3.05, 3.63) is 69.4 Å². The number of alkyl halides is 1. The first-order valence-electron chi connectivity index (χ1n) is 16.9. The molecule has 0 aromatic heterocycles. The number of allylic oxidation sites excluding steroid dienone is 1. The van der Waals surface area contributed by atoms with Gasteiger partial charge in [-0.15, -0.1) is 0 Å². The highest BCUT2D eigenvalue weighted by Crippen LogP contribution is 2.56. The molecule has 0 spiro atoms. The zero-order valence-corrected chi connectivity index (χ0v) is 30.4. The molecule has 6 rings (SSSR count). The Kier molecular flexibility index (Phi) is 10.0. The van der Waals surface area contributed by atoms with Gasteiger partial charge in [-0.3, -0.25) is 19.8 Å². The van der Waals surface area contributed by atoms with Gasteiger partial charge >= 0.3 is 0 Å². The fourth-order valence-corrected chi connectivity index (χ4v) is 10.2. The third kappa shape index (κ3) is 6.23. The molecule has 2 amide bonds. The average Bonchev–Trinajstić information content (AvgIpc) is 3.71. The van der Waals surface area contributed by atoms with E-state index in [-0.39, 0.29) is 46.9 Å². The largest absolute Gasteiger partial charge is 0.373 e. The molecular formula is C35H48Cl2N6O3S. The maximum Gasteiger partial charge on any atom is 0.240 e. The van der Waals surface area contributed by atoms with Crippen LogP contribution in [-0.2, 0) is 9.59 Å². The van der Waals surface area contributed by atoms with E-state index in [0.29, 0.717) is 31.1 Å². The van der Waals surface area contributed by atoms with Gasteiger partial charge in [0.1, 0.15) is 17.2 Å². The number of dihydropyridines is 1. The van der Waals surface area contributed by atoms with Crippen LogP contribution in [0.2, 0.25) is 5.02 Å². The van der Waals surface area contributed by atoms with Crippen LogP contribution in [0, 0.1) is 5.92 Å². The second kappa shape index (κ2) is 13.6. The normalized spacial score (nSPS) is 33.4. The highest BCUT2D eigenvalue weighted by atomic mass is 35.5. The van der Waals surface area contributed by atoms with Crippen LogP contribution < -0.4 is 10.6 Å². The molecule has 0 aliphatic carbocycles. The van der Waals surface area contributed by atoms with Crippen molar-refractivity contribution in [3.8, 4) is 0 Å². The molecule has 0 radical (unpaired) electrons. The summed E-state index contributed by atoms with van der Waals surface area (Å²) in [6.07, 6.45) is 7.53. The van der Waals surface area contributed by atoms with E-state index in [1.54, 1.807) is 18.7 Å². The molecule has 256 valence electrons. The summed E-state index contributed by atoms with van der Waals surface area (Å²) in [6, 6.07) is 7.57. The van der Waals surface area contributed by atoms with E-state index in [4.69, 9.17) is 23.2 Å². The number of benzene rings is 1. The van der Waals surface area contributed by atoms with Crippen LogP contribution in [0.1, 0.15) is 72.4 Å². The number of hydrogen-bond acceptors (Lipinski definition) is 8. The van der Waals surface area contributed by atoms with Gasteiger partial charge in [0, 0.05) is 55.6 Å². The number of nitrogens with one attached hydrogen (secondary N) is 2. The Morgan fingerprint density at radius 3 is 2.49 bits per heavy atom. The van der Waals surface area contributed by atoms with E-state index in [2.05, 4.69) is 66.3 Å². The smallest absolute Gasteiger partial charge is 0.240 e. The Morgan fingerprint density at radius 1 is 1.17 bits per heavy atom. The molecule has 0 saturated carbocycles. The quantitative estimate of drug-likeness (QED) is 0.264. The van der Waals surface area contributed by atoms with Crippen molar-refractivity contribution in [2.45, 2.75) is 108 Å². The van der Waals surface area contributed by atoms with Crippen LogP contribution in [0.15, 0.2) is 58.8 Å². The Hall–Kier alpha value is -2.21. The predicted octanol–water partition coefficient (Wildman–Crippen LogP) is 5.19. The Balaban J connectivity index is 1.35. The minimum absolute atomic E-state index is 0.0374. The molecule has 47 heavy (non-hydrogen) atoms. The highest BCUT2D eigenvalue weighted by molar-refractivity contribution is 8.03. The lowest BCUT2D eigenvalue weighted by Gasteiger charge is -2.42. The van der Waals surface area contributed by atoms with E-state index in [1.165, 1.54) is 0 Å². The lowest BCUT2D eigenvalue weighted by molar-refractivity contribution is -0.146. The van der Waals surface area contributed by atoms with Gasteiger partial charge in [-0.05, 0) is 68.4 Å². The third-order valence-electron chi connectivity index (χ3n) is 10.6. The first kappa shape index (κ1) is 34.6. The first-order valence-corrected chi connectivity index (χ1v) is 18.6. The van der Waals surface area contributed by atoms with Crippen molar-refractivity contribution >= 4 is 46.8 Å². The fourth-order valence-electron chi connectivity index (χ4n) is 8.33. The maximum atomic E-state index is 14.2. The van der Waals surface area contributed by atoms with Crippen LogP contribution >= 0.6 is 35.0 Å². The van der Waals surface area contributed by atoms with Gasteiger partial charge in [0.15, 0.2) is 0 Å². The standard InChI is InChI=1S/C35H48Cl2N6O3S/c1-7-26-13-14-27(32(45)40-16-17-41(22(5)44)21(4)19-40)42(26)33(46)30-29(20(2)3)43-31(23-8-11-25(36)12-9-23)35(6,39-34(43)47-30)24-10-15-28(37)38-18-24/h8-12,15,18,20-21,26-28,31,33-34,38-39,46H,7,13-14,16-17,19H2,1-6H3/t21-,26?,27+,28?,31-,33?,34?,35+/m1/s1. The Bertz CT molecular complexity index is 1470. The maximum absolute atomic E-state index is 14.2. The van der Waals surface area contributed by atoms with Crippen LogP contribution in [0.25, 0.3) is 0 Å². The number of rotatable bonds is 7. The van der Waals surface area contributed by atoms with Crippen LogP contribution in [0.4, 0.5) is 0 Å². The van der Waals surface area contributed by atoms with E-state index in [0.717, 1.165) is 34.6 Å². The minimum atomic E-state index is -0.924. The minimum Gasteiger partial charge on any atom is -0.373 e. The van der Waals surface area contributed by atoms with Crippen molar-refractivity contribution in [3.63, 3.8) is 0 Å². The number of aliphatic hydroxyl groups is 1. The molecule has 12 heteroatoms. The van der Waals surface area contributed by atoms with Gasteiger partial charge in [0.05, 0.1) is 22.5 Å². The number of piperazine rings is 1. The number of halogens is 2. The van der Waals surface area contributed by atoms with E-state index < -0.39 is 17.8 Å². The van der Waals surface area contributed by atoms with Crippen molar-refractivity contribution < 1.29 is 14.7 Å². The molecule has 4 unspecified atom stereocenters. The van der Waals surface area contributed by atoms with Gasteiger partial charge < -0.3 is 25.1 Å². The number of carbonyl (C=O) groups is 2. The van der Waals surface area contributed by atoms with E-state index in [1.807, 2.05) is 41.1 Å².